The fourth-order valence-corrected chi connectivity index (χ4v) is 2.10. The molecule has 6 heteroatoms. The molecular formula is C13H10BrN5. The first-order chi connectivity index (χ1) is 9.22. The number of pyridine rings is 1. The molecule has 3 aromatic rings. The van der Waals surface area contributed by atoms with Crippen molar-refractivity contribution in [3.63, 3.8) is 0 Å². The van der Waals surface area contributed by atoms with Gasteiger partial charge in [-0.15, -0.1) is 0 Å². The van der Waals surface area contributed by atoms with E-state index in [2.05, 4.69) is 36.1 Å². The molecule has 2 heterocycles. The lowest BCUT2D eigenvalue weighted by Crippen LogP contribution is -1.86. The molecule has 5 nitrogen and oxygen atoms in total. The molecule has 0 atom stereocenters. The molecular weight excluding hydrogens is 306 g/mol. The Morgan fingerprint density at radius 2 is 2.00 bits per heavy atom. The van der Waals surface area contributed by atoms with Crippen LogP contribution in [0.15, 0.2) is 47.2 Å². The number of rotatable bonds is 2. The minimum Gasteiger partial charge on any atom is -0.399 e. The molecule has 0 radical (unpaired) electrons. The fourth-order valence-electron chi connectivity index (χ4n) is 1.74. The molecule has 0 unspecified atom stereocenters. The monoisotopic (exact) mass is 315 g/mol. The van der Waals surface area contributed by atoms with E-state index in [0.717, 1.165) is 15.6 Å². The number of halogens is 1. The average Bonchev–Trinajstić information content (AvgIpc) is 2.88. The van der Waals surface area contributed by atoms with Gasteiger partial charge in [0.15, 0.2) is 11.6 Å². The van der Waals surface area contributed by atoms with E-state index in [-0.39, 0.29) is 0 Å². The zero-order valence-corrected chi connectivity index (χ0v) is 11.4. The lowest BCUT2D eigenvalue weighted by Gasteiger charge is -1.97. The zero-order chi connectivity index (χ0) is 13.2. The van der Waals surface area contributed by atoms with Crippen LogP contribution >= 0.6 is 15.9 Å². The smallest absolute Gasteiger partial charge is 0.183 e. The third-order valence-electron chi connectivity index (χ3n) is 2.61. The molecule has 3 N–H and O–H groups in total. The third-order valence-corrected chi connectivity index (χ3v) is 3.04. The average molecular weight is 316 g/mol. The highest BCUT2D eigenvalue weighted by Crippen LogP contribution is 2.22. The highest BCUT2D eigenvalue weighted by molar-refractivity contribution is 9.10. The van der Waals surface area contributed by atoms with Crippen molar-refractivity contribution in [2.45, 2.75) is 0 Å². The maximum absolute atomic E-state index is 5.76. The molecule has 0 aliphatic carbocycles. The summed E-state index contributed by atoms with van der Waals surface area (Å²) in [7, 11) is 0. The first-order valence-corrected chi connectivity index (χ1v) is 6.41. The van der Waals surface area contributed by atoms with Crippen LogP contribution in [0.2, 0.25) is 0 Å². The predicted octanol–water partition coefficient (Wildman–Crippen LogP) is 2.88. The lowest BCUT2D eigenvalue weighted by molar-refractivity contribution is 1.10. The van der Waals surface area contributed by atoms with E-state index in [4.69, 9.17) is 5.73 Å². The summed E-state index contributed by atoms with van der Waals surface area (Å²) in [5.41, 5.74) is 8.20. The first-order valence-electron chi connectivity index (χ1n) is 5.61. The minimum atomic E-state index is 0.603. The first kappa shape index (κ1) is 11.9. The Bertz CT molecular complexity index is 662. The summed E-state index contributed by atoms with van der Waals surface area (Å²) in [4.78, 5) is 8.55. The standard InChI is InChI=1S/C13H10BrN5/c14-10-4-9(6-16-7-10)13-17-12(18-19-13)8-2-1-3-11(15)5-8/h1-7H,15H2,(H,17,18,19). The van der Waals surface area contributed by atoms with Crippen molar-refractivity contribution in [2.75, 3.05) is 5.73 Å². The van der Waals surface area contributed by atoms with Crippen LogP contribution in [0.25, 0.3) is 22.8 Å². The zero-order valence-electron chi connectivity index (χ0n) is 9.84. The summed E-state index contributed by atoms with van der Waals surface area (Å²) in [5.74, 6) is 1.29. The number of nitrogens with two attached hydrogens (primary N) is 1. The van der Waals surface area contributed by atoms with Crippen LogP contribution in [0.4, 0.5) is 5.69 Å². The summed E-state index contributed by atoms with van der Waals surface area (Å²) >= 11 is 3.38. The SMILES string of the molecule is Nc1cccc(-c2nc(-c3cncc(Br)c3)n[nH]2)c1. The number of hydrogen-bond donors (Lipinski definition) is 2. The van der Waals surface area contributed by atoms with Gasteiger partial charge in [-0.2, -0.15) is 5.10 Å². The summed E-state index contributed by atoms with van der Waals surface area (Å²) in [6, 6.07) is 9.41. The summed E-state index contributed by atoms with van der Waals surface area (Å²) in [5, 5.41) is 7.10. The van der Waals surface area contributed by atoms with Gasteiger partial charge in [0, 0.05) is 33.7 Å². The van der Waals surface area contributed by atoms with Gasteiger partial charge in [-0.3, -0.25) is 10.1 Å². The Kier molecular flexibility index (Phi) is 3.00. The largest absolute Gasteiger partial charge is 0.399 e. The number of nitrogens with one attached hydrogen (secondary N) is 1. The number of aromatic amines is 1. The molecule has 1 aromatic carbocycles. The van der Waals surface area contributed by atoms with E-state index < -0.39 is 0 Å². The van der Waals surface area contributed by atoms with Gasteiger partial charge >= 0.3 is 0 Å². The van der Waals surface area contributed by atoms with Crippen LogP contribution in [-0.2, 0) is 0 Å². The van der Waals surface area contributed by atoms with Gasteiger partial charge in [-0.25, -0.2) is 4.98 Å². The second-order valence-electron chi connectivity index (χ2n) is 4.02. The molecule has 0 fully saturated rings. The normalized spacial score (nSPS) is 10.6. The van der Waals surface area contributed by atoms with E-state index in [9.17, 15) is 0 Å². The van der Waals surface area contributed by atoms with Crippen LogP contribution in [0.3, 0.4) is 0 Å². The van der Waals surface area contributed by atoms with Crippen molar-refractivity contribution in [3.8, 4) is 22.8 Å². The Hall–Kier alpha value is -2.21. The number of anilines is 1. The second kappa shape index (κ2) is 4.81. The van der Waals surface area contributed by atoms with Gasteiger partial charge in [-0.05, 0) is 34.1 Å². The topological polar surface area (TPSA) is 80.5 Å². The number of benzene rings is 1. The van der Waals surface area contributed by atoms with Crippen LogP contribution in [-0.4, -0.2) is 20.2 Å². The van der Waals surface area contributed by atoms with Gasteiger partial charge in [0.25, 0.3) is 0 Å². The van der Waals surface area contributed by atoms with E-state index in [1.54, 1.807) is 12.4 Å². The third kappa shape index (κ3) is 2.48. The molecule has 0 amide bonds. The fraction of sp³-hybridized carbons (Fsp3) is 0. The number of aromatic nitrogens is 4. The van der Waals surface area contributed by atoms with Gasteiger partial charge in [0.2, 0.25) is 0 Å². The van der Waals surface area contributed by atoms with Crippen molar-refractivity contribution in [1.29, 1.82) is 0 Å². The maximum atomic E-state index is 5.76. The molecule has 19 heavy (non-hydrogen) atoms. The summed E-state index contributed by atoms with van der Waals surface area (Å²) in [6.07, 6.45) is 3.44. The van der Waals surface area contributed by atoms with Gasteiger partial charge in [0.05, 0.1) is 0 Å². The van der Waals surface area contributed by atoms with Crippen LogP contribution < -0.4 is 5.73 Å². The highest BCUT2D eigenvalue weighted by Gasteiger charge is 2.08. The lowest BCUT2D eigenvalue weighted by atomic mass is 10.2. The molecule has 0 saturated heterocycles. The van der Waals surface area contributed by atoms with Crippen molar-refractivity contribution >= 4 is 21.6 Å². The van der Waals surface area contributed by atoms with Crippen LogP contribution in [0, 0.1) is 0 Å². The molecule has 3 rings (SSSR count). The van der Waals surface area contributed by atoms with Crippen molar-refractivity contribution < 1.29 is 0 Å². The van der Waals surface area contributed by atoms with E-state index in [0.29, 0.717) is 17.3 Å². The quantitative estimate of drug-likeness (QED) is 0.712. The van der Waals surface area contributed by atoms with Crippen molar-refractivity contribution in [3.05, 3.63) is 47.2 Å². The molecule has 0 aliphatic rings. The Balaban J connectivity index is 2.00. The Labute approximate surface area is 118 Å². The predicted molar refractivity (Wildman–Crippen MR) is 77.2 cm³/mol. The Morgan fingerprint density at radius 3 is 2.79 bits per heavy atom. The maximum Gasteiger partial charge on any atom is 0.183 e. The van der Waals surface area contributed by atoms with Crippen molar-refractivity contribution in [2.24, 2.45) is 0 Å². The van der Waals surface area contributed by atoms with Crippen molar-refractivity contribution in [1.82, 2.24) is 20.2 Å². The van der Waals surface area contributed by atoms with Crippen LogP contribution in [0.5, 0.6) is 0 Å². The van der Waals surface area contributed by atoms with E-state index >= 15 is 0 Å². The molecule has 0 bridgehead atoms. The Morgan fingerprint density at radius 1 is 1.11 bits per heavy atom. The van der Waals surface area contributed by atoms with E-state index in [1.165, 1.54) is 0 Å². The van der Waals surface area contributed by atoms with Gasteiger partial charge < -0.3 is 5.73 Å². The van der Waals surface area contributed by atoms with Gasteiger partial charge in [0.1, 0.15) is 0 Å². The summed E-state index contributed by atoms with van der Waals surface area (Å²) < 4.78 is 0.889. The van der Waals surface area contributed by atoms with Gasteiger partial charge in [-0.1, -0.05) is 12.1 Å². The molecule has 0 aliphatic heterocycles. The highest BCUT2D eigenvalue weighted by atomic mass is 79.9. The summed E-state index contributed by atoms with van der Waals surface area (Å²) in [6.45, 7) is 0. The van der Waals surface area contributed by atoms with E-state index in [1.807, 2.05) is 30.3 Å². The second-order valence-corrected chi connectivity index (χ2v) is 4.94. The minimum absolute atomic E-state index is 0.603. The molecule has 0 saturated carbocycles. The molecule has 94 valence electrons. The number of nitrogens with zero attached hydrogens (tertiary/aromatic N) is 3. The number of H-pyrrole nitrogens is 1. The van der Waals surface area contributed by atoms with Crippen LogP contribution in [0.1, 0.15) is 0 Å². The number of nitrogen functional groups attached to an aromatic ring is 1. The molecule has 2 aromatic heterocycles. The number of hydrogen-bond acceptors (Lipinski definition) is 4. The molecule has 0 spiro atoms.